The number of likely N-dealkylation sites (tertiary alicyclic amines) is 1. The molecule has 0 saturated carbocycles. The lowest BCUT2D eigenvalue weighted by molar-refractivity contribution is 0.0450. The van der Waals surface area contributed by atoms with Crippen LogP contribution in [0.1, 0.15) is 24.4 Å². The molecule has 3 aromatic rings. The van der Waals surface area contributed by atoms with Crippen molar-refractivity contribution >= 4 is 17.0 Å². The lowest BCUT2D eigenvalue weighted by Gasteiger charge is -2.33. The zero-order valence-electron chi connectivity index (χ0n) is 14.7. The van der Waals surface area contributed by atoms with Crippen molar-refractivity contribution in [3.05, 3.63) is 72.2 Å². The van der Waals surface area contributed by atoms with Crippen LogP contribution in [0.15, 0.2) is 60.8 Å². The van der Waals surface area contributed by atoms with E-state index in [1.54, 1.807) is 12.1 Å². The van der Waals surface area contributed by atoms with Gasteiger partial charge < -0.3 is 19.7 Å². The van der Waals surface area contributed by atoms with E-state index in [1.807, 2.05) is 41.1 Å². The van der Waals surface area contributed by atoms with Gasteiger partial charge in [0.25, 0.3) is 0 Å². The number of fused-ring (bicyclic) bond motifs is 1. The van der Waals surface area contributed by atoms with Crippen molar-refractivity contribution in [1.82, 2.24) is 9.47 Å². The molecule has 1 fully saturated rings. The first-order chi connectivity index (χ1) is 13.1. The van der Waals surface area contributed by atoms with Crippen LogP contribution in [0.2, 0.25) is 0 Å². The summed E-state index contributed by atoms with van der Waals surface area (Å²) >= 11 is 0. The fourth-order valence-corrected chi connectivity index (χ4v) is 4.16. The standard InChI is InChI=1S/C21H21FN2O3/c22-16-7-3-6-15(13-16)19(20(25)18-9-4-11-24(18)21(26)27)23-12-10-14-5-1-2-8-17(14)23/h1-3,5-8,10,12-13,18-20,25H,4,9,11H2,(H,26,27)/t18-,19-,20+/m0/s1. The molecule has 0 aliphatic carbocycles. The molecule has 5 nitrogen and oxygen atoms in total. The van der Waals surface area contributed by atoms with Gasteiger partial charge in [0.05, 0.1) is 18.2 Å². The normalized spacial score (nSPS) is 19.3. The lowest BCUT2D eigenvalue weighted by atomic mass is 9.94. The number of nitrogens with zero attached hydrogens (tertiary/aromatic N) is 2. The van der Waals surface area contributed by atoms with E-state index >= 15 is 0 Å². The highest BCUT2D eigenvalue weighted by atomic mass is 19.1. The Morgan fingerprint density at radius 3 is 2.74 bits per heavy atom. The molecule has 1 aliphatic rings. The van der Waals surface area contributed by atoms with Crippen LogP contribution in [0.25, 0.3) is 10.9 Å². The minimum Gasteiger partial charge on any atom is -0.465 e. The van der Waals surface area contributed by atoms with Crippen LogP contribution in [0.3, 0.4) is 0 Å². The van der Waals surface area contributed by atoms with Crippen molar-refractivity contribution in [2.24, 2.45) is 0 Å². The number of amides is 1. The third kappa shape index (κ3) is 3.17. The van der Waals surface area contributed by atoms with Gasteiger partial charge in [-0.05, 0) is 48.1 Å². The quantitative estimate of drug-likeness (QED) is 0.735. The van der Waals surface area contributed by atoms with Gasteiger partial charge in [0, 0.05) is 18.3 Å². The number of benzene rings is 2. The highest BCUT2D eigenvalue weighted by Crippen LogP contribution is 2.33. The van der Waals surface area contributed by atoms with Crippen LogP contribution >= 0.6 is 0 Å². The van der Waals surface area contributed by atoms with Crippen LogP contribution in [0.4, 0.5) is 9.18 Å². The van der Waals surface area contributed by atoms with Gasteiger partial charge >= 0.3 is 6.09 Å². The zero-order chi connectivity index (χ0) is 19.0. The summed E-state index contributed by atoms with van der Waals surface area (Å²) in [5, 5.41) is 21.7. The number of carbonyl (C=O) groups is 1. The van der Waals surface area contributed by atoms with Gasteiger partial charge in [-0.1, -0.05) is 30.3 Å². The molecular weight excluding hydrogens is 347 g/mol. The highest BCUT2D eigenvalue weighted by molar-refractivity contribution is 5.80. The molecule has 27 heavy (non-hydrogen) atoms. The smallest absolute Gasteiger partial charge is 0.407 e. The summed E-state index contributed by atoms with van der Waals surface area (Å²) in [5.41, 5.74) is 1.52. The number of para-hydroxylation sites is 1. The number of aliphatic hydroxyl groups is 1. The second-order valence-corrected chi connectivity index (χ2v) is 6.96. The molecular formula is C21H21FN2O3. The zero-order valence-corrected chi connectivity index (χ0v) is 14.7. The lowest BCUT2D eigenvalue weighted by Crippen LogP contribution is -2.46. The number of aromatic nitrogens is 1. The van der Waals surface area contributed by atoms with E-state index in [2.05, 4.69) is 0 Å². The molecule has 2 heterocycles. The van der Waals surface area contributed by atoms with Crippen molar-refractivity contribution in [3.63, 3.8) is 0 Å². The first-order valence-electron chi connectivity index (χ1n) is 9.05. The molecule has 2 N–H and O–H groups in total. The Labute approximate surface area is 156 Å². The largest absolute Gasteiger partial charge is 0.465 e. The summed E-state index contributed by atoms with van der Waals surface area (Å²) < 4.78 is 15.8. The average Bonchev–Trinajstić information content (AvgIpc) is 3.30. The maximum atomic E-state index is 13.9. The topological polar surface area (TPSA) is 65.7 Å². The predicted molar refractivity (Wildman–Crippen MR) is 100 cm³/mol. The third-order valence-corrected chi connectivity index (χ3v) is 5.38. The number of carboxylic acid groups (broad SMARTS) is 1. The molecule has 0 unspecified atom stereocenters. The first kappa shape index (κ1) is 17.5. The Balaban J connectivity index is 1.82. The third-order valence-electron chi connectivity index (χ3n) is 5.38. The molecule has 1 aliphatic heterocycles. The summed E-state index contributed by atoms with van der Waals surface area (Å²) in [6.45, 7) is 0.402. The monoisotopic (exact) mass is 368 g/mol. The minimum atomic E-state index is -1.04. The van der Waals surface area contributed by atoms with E-state index in [4.69, 9.17) is 0 Å². The molecule has 1 amide bonds. The summed E-state index contributed by atoms with van der Waals surface area (Å²) in [6.07, 6.45) is 1.12. The molecule has 0 bridgehead atoms. The summed E-state index contributed by atoms with van der Waals surface area (Å²) in [6, 6.07) is 14.7. The Morgan fingerprint density at radius 1 is 1.15 bits per heavy atom. The number of halogens is 1. The minimum absolute atomic E-state index is 0.386. The van der Waals surface area contributed by atoms with Gasteiger partial charge in [-0.25, -0.2) is 9.18 Å². The number of hydrogen-bond acceptors (Lipinski definition) is 2. The molecule has 1 aromatic heterocycles. The maximum Gasteiger partial charge on any atom is 0.407 e. The number of hydrogen-bond donors (Lipinski definition) is 2. The van der Waals surface area contributed by atoms with Crippen molar-refractivity contribution in [3.8, 4) is 0 Å². The molecule has 6 heteroatoms. The molecule has 0 spiro atoms. The molecule has 140 valence electrons. The summed E-state index contributed by atoms with van der Waals surface area (Å²) in [4.78, 5) is 12.9. The first-order valence-corrected chi connectivity index (χ1v) is 9.05. The predicted octanol–water partition coefficient (Wildman–Crippen LogP) is 3.87. The molecule has 1 saturated heterocycles. The highest BCUT2D eigenvalue weighted by Gasteiger charge is 2.39. The summed E-state index contributed by atoms with van der Waals surface area (Å²) in [5.74, 6) is -0.386. The van der Waals surface area contributed by atoms with Crippen molar-refractivity contribution < 1.29 is 19.4 Å². The Morgan fingerprint density at radius 2 is 1.96 bits per heavy atom. The average molecular weight is 368 g/mol. The van der Waals surface area contributed by atoms with E-state index in [0.29, 0.717) is 24.9 Å². The Bertz CT molecular complexity index is 971. The van der Waals surface area contributed by atoms with Crippen LogP contribution in [0.5, 0.6) is 0 Å². The van der Waals surface area contributed by atoms with Crippen molar-refractivity contribution in [1.29, 1.82) is 0 Å². The molecule has 3 atom stereocenters. The molecule has 4 rings (SSSR count). The van der Waals surface area contributed by atoms with Crippen LogP contribution in [0, 0.1) is 5.82 Å². The SMILES string of the molecule is O=C(O)N1CCC[C@H]1[C@@H](O)[C@H](c1cccc(F)c1)n1ccc2ccccc21. The fourth-order valence-electron chi connectivity index (χ4n) is 4.16. The van der Waals surface area contributed by atoms with Crippen LogP contribution in [-0.4, -0.2) is 44.5 Å². The van der Waals surface area contributed by atoms with Crippen LogP contribution < -0.4 is 0 Å². The van der Waals surface area contributed by atoms with E-state index in [9.17, 15) is 19.4 Å². The van der Waals surface area contributed by atoms with E-state index in [-0.39, 0.29) is 5.82 Å². The fraction of sp³-hybridized carbons (Fsp3) is 0.286. The van der Waals surface area contributed by atoms with E-state index in [1.165, 1.54) is 17.0 Å². The van der Waals surface area contributed by atoms with Gasteiger partial charge in [-0.2, -0.15) is 0 Å². The van der Waals surface area contributed by atoms with Gasteiger partial charge in [0.1, 0.15) is 5.82 Å². The van der Waals surface area contributed by atoms with E-state index in [0.717, 1.165) is 10.9 Å². The second kappa shape index (κ2) is 7.04. The second-order valence-electron chi connectivity index (χ2n) is 6.96. The van der Waals surface area contributed by atoms with Crippen molar-refractivity contribution in [2.75, 3.05) is 6.54 Å². The number of aliphatic hydroxyl groups excluding tert-OH is 1. The molecule has 2 aromatic carbocycles. The maximum absolute atomic E-state index is 13.9. The van der Waals surface area contributed by atoms with Gasteiger partial charge in [-0.15, -0.1) is 0 Å². The van der Waals surface area contributed by atoms with Gasteiger partial charge in [-0.3, -0.25) is 0 Å². The Hall–Kier alpha value is -2.86. The van der Waals surface area contributed by atoms with Gasteiger partial charge in [0.2, 0.25) is 0 Å². The van der Waals surface area contributed by atoms with E-state index < -0.39 is 24.3 Å². The summed E-state index contributed by atoms with van der Waals surface area (Å²) in [7, 11) is 0. The Kier molecular flexibility index (Phi) is 4.58. The number of rotatable bonds is 4. The van der Waals surface area contributed by atoms with Gasteiger partial charge in [0.15, 0.2) is 0 Å². The van der Waals surface area contributed by atoms with Crippen LogP contribution in [-0.2, 0) is 0 Å². The van der Waals surface area contributed by atoms with Crippen molar-refractivity contribution in [2.45, 2.75) is 31.0 Å². The molecule has 0 radical (unpaired) electrons.